The van der Waals surface area contributed by atoms with Crippen molar-refractivity contribution < 1.29 is 5.11 Å². The molecule has 0 unspecified atom stereocenters. The van der Waals surface area contributed by atoms with E-state index in [9.17, 15) is 0 Å². The molecule has 0 saturated heterocycles. The molecule has 0 spiro atoms. The third kappa shape index (κ3) is 1.95. The van der Waals surface area contributed by atoms with E-state index in [2.05, 4.69) is 15.3 Å². The largest absolute Gasteiger partial charge is 0.390 e. The first-order chi connectivity index (χ1) is 6.38. The number of hydrogen-bond donors (Lipinski definition) is 2. The van der Waals surface area contributed by atoms with Crippen molar-refractivity contribution in [2.75, 3.05) is 5.32 Å². The summed E-state index contributed by atoms with van der Waals surface area (Å²) in [6, 6.07) is 2.25. The second-order valence-corrected chi connectivity index (χ2v) is 3.30. The van der Waals surface area contributed by atoms with Gasteiger partial charge in [-0.05, 0) is 25.3 Å². The summed E-state index contributed by atoms with van der Waals surface area (Å²) in [5.74, 6) is 0.635. The first-order valence-electron chi connectivity index (χ1n) is 4.58. The van der Waals surface area contributed by atoms with E-state index in [0.29, 0.717) is 17.7 Å². The fraction of sp³-hybridized carbons (Fsp3) is 0.556. The van der Waals surface area contributed by atoms with E-state index in [1.54, 1.807) is 12.3 Å². The summed E-state index contributed by atoms with van der Waals surface area (Å²) in [5, 5.41) is 12.1. The number of aromatic nitrogens is 2. The molecular weight excluding hydrogens is 166 g/mol. The van der Waals surface area contributed by atoms with Gasteiger partial charge in [-0.3, -0.25) is 0 Å². The van der Waals surface area contributed by atoms with Crippen molar-refractivity contribution in [1.29, 1.82) is 0 Å². The zero-order valence-electron chi connectivity index (χ0n) is 7.40. The van der Waals surface area contributed by atoms with Crippen LogP contribution < -0.4 is 5.32 Å². The number of rotatable bonds is 3. The average molecular weight is 179 g/mol. The van der Waals surface area contributed by atoms with Crippen LogP contribution in [0.5, 0.6) is 0 Å². The Bertz CT molecular complexity index is 286. The molecule has 0 radical (unpaired) electrons. The van der Waals surface area contributed by atoms with Crippen LogP contribution >= 0.6 is 0 Å². The second kappa shape index (κ2) is 3.70. The van der Waals surface area contributed by atoms with Gasteiger partial charge in [0.1, 0.15) is 0 Å². The van der Waals surface area contributed by atoms with Crippen molar-refractivity contribution in [3.05, 3.63) is 18.0 Å². The van der Waals surface area contributed by atoms with Gasteiger partial charge in [0, 0.05) is 12.2 Å². The summed E-state index contributed by atoms with van der Waals surface area (Å²) in [5.41, 5.74) is 0.664. The Morgan fingerprint density at radius 1 is 1.54 bits per heavy atom. The highest BCUT2D eigenvalue weighted by atomic mass is 16.3. The Hall–Kier alpha value is -1.16. The van der Waals surface area contributed by atoms with E-state index < -0.39 is 0 Å². The number of nitrogens with one attached hydrogen (secondary N) is 1. The maximum Gasteiger partial charge on any atom is 0.223 e. The first kappa shape index (κ1) is 8.44. The quantitative estimate of drug-likeness (QED) is 0.724. The van der Waals surface area contributed by atoms with Gasteiger partial charge in [-0.1, -0.05) is 0 Å². The molecule has 13 heavy (non-hydrogen) atoms. The zero-order chi connectivity index (χ0) is 9.10. The molecule has 70 valence electrons. The van der Waals surface area contributed by atoms with Gasteiger partial charge in [0.05, 0.1) is 12.3 Å². The SMILES string of the molecule is OCc1ccnc(NC2CCC2)n1. The van der Waals surface area contributed by atoms with Crippen LogP contribution in [0.1, 0.15) is 25.0 Å². The highest BCUT2D eigenvalue weighted by molar-refractivity contribution is 5.27. The van der Waals surface area contributed by atoms with Gasteiger partial charge in [0.15, 0.2) is 0 Å². The molecule has 1 aromatic heterocycles. The predicted octanol–water partition coefficient (Wildman–Crippen LogP) is 0.933. The lowest BCUT2D eigenvalue weighted by molar-refractivity contribution is 0.276. The van der Waals surface area contributed by atoms with Crippen molar-refractivity contribution in [2.24, 2.45) is 0 Å². The van der Waals surface area contributed by atoms with Crippen LogP contribution in [0.15, 0.2) is 12.3 Å². The molecule has 0 aliphatic heterocycles. The van der Waals surface area contributed by atoms with Crippen LogP contribution in [0.25, 0.3) is 0 Å². The van der Waals surface area contributed by atoms with Gasteiger partial charge >= 0.3 is 0 Å². The minimum atomic E-state index is -0.0259. The average Bonchev–Trinajstić information content (AvgIpc) is 2.12. The van der Waals surface area contributed by atoms with Gasteiger partial charge in [0.2, 0.25) is 5.95 Å². The van der Waals surface area contributed by atoms with E-state index in [1.165, 1.54) is 19.3 Å². The molecule has 1 heterocycles. The van der Waals surface area contributed by atoms with Gasteiger partial charge in [-0.25, -0.2) is 9.97 Å². The number of anilines is 1. The van der Waals surface area contributed by atoms with Gasteiger partial charge in [-0.2, -0.15) is 0 Å². The van der Waals surface area contributed by atoms with E-state index in [-0.39, 0.29) is 6.61 Å². The molecule has 1 fully saturated rings. The maximum atomic E-state index is 8.85. The number of hydrogen-bond acceptors (Lipinski definition) is 4. The lowest BCUT2D eigenvalue weighted by atomic mass is 9.93. The van der Waals surface area contributed by atoms with Crippen molar-refractivity contribution in [2.45, 2.75) is 31.9 Å². The molecule has 0 bridgehead atoms. The number of aliphatic hydroxyl groups excluding tert-OH is 1. The van der Waals surface area contributed by atoms with Crippen molar-refractivity contribution in [3.8, 4) is 0 Å². The van der Waals surface area contributed by atoms with Crippen LogP contribution in [0.3, 0.4) is 0 Å². The predicted molar refractivity (Wildman–Crippen MR) is 49.2 cm³/mol. The zero-order valence-corrected chi connectivity index (χ0v) is 7.40. The minimum absolute atomic E-state index is 0.0259. The maximum absolute atomic E-state index is 8.85. The smallest absolute Gasteiger partial charge is 0.223 e. The minimum Gasteiger partial charge on any atom is -0.390 e. The Kier molecular flexibility index (Phi) is 2.40. The van der Waals surface area contributed by atoms with E-state index >= 15 is 0 Å². The third-order valence-corrected chi connectivity index (χ3v) is 2.31. The second-order valence-electron chi connectivity index (χ2n) is 3.30. The van der Waals surface area contributed by atoms with Crippen LogP contribution in [-0.2, 0) is 6.61 Å². The summed E-state index contributed by atoms with van der Waals surface area (Å²) < 4.78 is 0. The van der Waals surface area contributed by atoms with Gasteiger partial charge in [0.25, 0.3) is 0 Å². The first-order valence-corrected chi connectivity index (χ1v) is 4.58. The summed E-state index contributed by atoms with van der Waals surface area (Å²) in [4.78, 5) is 8.22. The van der Waals surface area contributed by atoms with Crippen molar-refractivity contribution in [3.63, 3.8) is 0 Å². The Balaban J connectivity index is 2.01. The molecule has 4 heteroatoms. The molecule has 1 aliphatic carbocycles. The Labute approximate surface area is 77.0 Å². The number of nitrogens with zero attached hydrogens (tertiary/aromatic N) is 2. The van der Waals surface area contributed by atoms with Gasteiger partial charge in [-0.15, -0.1) is 0 Å². The van der Waals surface area contributed by atoms with E-state index in [1.807, 2.05) is 0 Å². The van der Waals surface area contributed by atoms with E-state index in [0.717, 1.165) is 0 Å². The Morgan fingerprint density at radius 3 is 3.00 bits per heavy atom. The van der Waals surface area contributed by atoms with Crippen LogP contribution in [0, 0.1) is 0 Å². The molecule has 0 aromatic carbocycles. The highest BCUT2D eigenvalue weighted by Crippen LogP contribution is 2.21. The Morgan fingerprint density at radius 2 is 2.38 bits per heavy atom. The molecular formula is C9H13N3O. The van der Waals surface area contributed by atoms with E-state index in [4.69, 9.17) is 5.11 Å². The number of aliphatic hydroxyl groups is 1. The summed E-state index contributed by atoms with van der Waals surface area (Å²) in [6.45, 7) is -0.0259. The summed E-state index contributed by atoms with van der Waals surface area (Å²) in [7, 11) is 0. The molecule has 2 rings (SSSR count). The third-order valence-electron chi connectivity index (χ3n) is 2.31. The van der Waals surface area contributed by atoms with Crippen LogP contribution in [0.4, 0.5) is 5.95 Å². The normalized spacial score (nSPS) is 16.7. The van der Waals surface area contributed by atoms with Crippen molar-refractivity contribution >= 4 is 5.95 Å². The van der Waals surface area contributed by atoms with Gasteiger partial charge < -0.3 is 10.4 Å². The molecule has 1 aromatic rings. The van der Waals surface area contributed by atoms with Crippen LogP contribution in [0.2, 0.25) is 0 Å². The monoisotopic (exact) mass is 179 g/mol. The standard InChI is InChI=1S/C9H13N3O/c13-6-8-4-5-10-9(12-8)11-7-2-1-3-7/h4-5,7,13H,1-3,6H2,(H,10,11,12). The highest BCUT2D eigenvalue weighted by Gasteiger charge is 2.17. The fourth-order valence-corrected chi connectivity index (χ4v) is 1.29. The molecule has 0 atom stereocenters. The molecule has 0 amide bonds. The van der Waals surface area contributed by atoms with Crippen molar-refractivity contribution in [1.82, 2.24) is 9.97 Å². The summed E-state index contributed by atoms with van der Waals surface area (Å²) >= 11 is 0. The molecule has 2 N–H and O–H groups in total. The van der Waals surface area contributed by atoms with Crippen LogP contribution in [-0.4, -0.2) is 21.1 Å². The molecule has 1 saturated carbocycles. The lowest BCUT2D eigenvalue weighted by Crippen LogP contribution is -2.28. The molecule has 4 nitrogen and oxygen atoms in total. The topological polar surface area (TPSA) is 58.0 Å². The molecule has 1 aliphatic rings. The fourth-order valence-electron chi connectivity index (χ4n) is 1.29. The summed E-state index contributed by atoms with van der Waals surface area (Å²) in [6.07, 6.45) is 5.36. The lowest BCUT2D eigenvalue weighted by Gasteiger charge is -2.26.